The van der Waals surface area contributed by atoms with Crippen LogP contribution >= 0.6 is 15.9 Å². The first-order valence-electron chi connectivity index (χ1n) is 6.42. The summed E-state index contributed by atoms with van der Waals surface area (Å²) < 4.78 is 6.89. The lowest BCUT2D eigenvalue weighted by Crippen LogP contribution is -2.04. The van der Waals surface area contributed by atoms with Crippen molar-refractivity contribution in [3.05, 3.63) is 58.1 Å². The zero-order valence-corrected chi connectivity index (χ0v) is 12.8. The smallest absolute Gasteiger partial charge is 0.141 e. The van der Waals surface area contributed by atoms with E-state index in [2.05, 4.69) is 52.4 Å². The van der Waals surface area contributed by atoms with Gasteiger partial charge in [0.2, 0.25) is 0 Å². The molecule has 0 aliphatic rings. The van der Waals surface area contributed by atoms with E-state index in [1.54, 1.807) is 0 Å². The first-order chi connectivity index (χ1) is 9.22. The van der Waals surface area contributed by atoms with Crippen LogP contribution in [0.15, 0.2) is 46.9 Å². The van der Waals surface area contributed by atoms with E-state index in [0.717, 1.165) is 28.9 Å². The Hall–Kier alpha value is -1.32. The van der Waals surface area contributed by atoms with Gasteiger partial charge in [0, 0.05) is 6.54 Å². The number of hydrogen-bond donors (Lipinski definition) is 1. The first-order valence-corrected chi connectivity index (χ1v) is 7.22. The Labute approximate surface area is 122 Å². The van der Waals surface area contributed by atoms with Crippen molar-refractivity contribution in [3.8, 4) is 11.5 Å². The molecule has 0 saturated carbocycles. The molecule has 0 unspecified atom stereocenters. The van der Waals surface area contributed by atoms with Gasteiger partial charge in [0.25, 0.3) is 0 Å². The van der Waals surface area contributed by atoms with E-state index in [-0.39, 0.29) is 0 Å². The fourth-order valence-electron chi connectivity index (χ4n) is 1.90. The van der Waals surface area contributed by atoms with Gasteiger partial charge in [-0.2, -0.15) is 0 Å². The third-order valence-corrected chi connectivity index (χ3v) is 3.53. The molecule has 0 saturated heterocycles. The van der Waals surface area contributed by atoms with Crippen LogP contribution in [0.4, 0.5) is 0 Å². The Morgan fingerprint density at radius 3 is 2.63 bits per heavy atom. The Kier molecular flexibility index (Phi) is 5.00. The summed E-state index contributed by atoms with van der Waals surface area (Å²) >= 11 is 3.56. The van der Waals surface area contributed by atoms with Crippen molar-refractivity contribution in [1.82, 2.24) is 5.32 Å². The van der Waals surface area contributed by atoms with E-state index in [1.807, 2.05) is 25.2 Å². The van der Waals surface area contributed by atoms with E-state index in [9.17, 15) is 0 Å². The van der Waals surface area contributed by atoms with Crippen molar-refractivity contribution in [2.75, 3.05) is 7.05 Å². The maximum absolute atomic E-state index is 5.92. The monoisotopic (exact) mass is 319 g/mol. The van der Waals surface area contributed by atoms with Crippen LogP contribution in [0.2, 0.25) is 0 Å². The van der Waals surface area contributed by atoms with Gasteiger partial charge in [-0.15, -0.1) is 0 Å². The molecule has 1 N–H and O–H groups in total. The molecule has 2 aromatic carbocycles. The molecule has 0 spiro atoms. The van der Waals surface area contributed by atoms with Crippen molar-refractivity contribution < 1.29 is 4.74 Å². The van der Waals surface area contributed by atoms with Crippen molar-refractivity contribution in [3.63, 3.8) is 0 Å². The van der Waals surface area contributed by atoms with Crippen LogP contribution in [0.25, 0.3) is 0 Å². The van der Waals surface area contributed by atoms with Gasteiger partial charge >= 0.3 is 0 Å². The maximum atomic E-state index is 5.92. The van der Waals surface area contributed by atoms with Gasteiger partial charge in [0.15, 0.2) is 0 Å². The molecule has 100 valence electrons. The van der Waals surface area contributed by atoms with Gasteiger partial charge in [0.05, 0.1) is 4.47 Å². The summed E-state index contributed by atoms with van der Waals surface area (Å²) in [6.45, 7) is 2.99. The Morgan fingerprint density at radius 1 is 1.11 bits per heavy atom. The second kappa shape index (κ2) is 6.73. The van der Waals surface area contributed by atoms with Gasteiger partial charge < -0.3 is 10.1 Å². The zero-order valence-electron chi connectivity index (χ0n) is 11.2. The highest BCUT2D eigenvalue weighted by atomic mass is 79.9. The van der Waals surface area contributed by atoms with E-state index in [1.165, 1.54) is 11.1 Å². The minimum Gasteiger partial charge on any atom is -0.456 e. The highest BCUT2D eigenvalue weighted by Gasteiger charge is 2.04. The molecule has 0 radical (unpaired) electrons. The standard InChI is InChI=1S/C16H18BrNO/c1-3-12-5-4-6-14(9-12)19-16-8-7-13(11-18-2)10-15(16)17/h4-10,18H,3,11H2,1-2H3. The van der Waals surface area contributed by atoms with Gasteiger partial charge in [-0.25, -0.2) is 0 Å². The van der Waals surface area contributed by atoms with Crippen LogP contribution in [-0.2, 0) is 13.0 Å². The summed E-state index contributed by atoms with van der Waals surface area (Å²) in [4.78, 5) is 0. The minimum atomic E-state index is 0.841. The summed E-state index contributed by atoms with van der Waals surface area (Å²) in [6.07, 6.45) is 1.01. The lowest BCUT2D eigenvalue weighted by atomic mass is 10.1. The molecule has 2 aromatic rings. The summed E-state index contributed by atoms with van der Waals surface area (Å²) in [5.74, 6) is 1.72. The largest absolute Gasteiger partial charge is 0.456 e. The number of benzene rings is 2. The van der Waals surface area contributed by atoms with Gasteiger partial charge in [-0.3, -0.25) is 0 Å². The maximum Gasteiger partial charge on any atom is 0.141 e. The summed E-state index contributed by atoms with van der Waals surface area (Å²) in [5.41, 5.74) is 2.50. The molecule has 0 fully saturated rings. The molecule has 2 rings (SSSR count). The normalized spacial score (nSPS) is 10.5. The van der Waals surface area contributed by atoms with E-state index < -0.39 is 0 Å². The molecule has 0 bridgehead atoms. The number of rotatable bonds is 5. The number of hydrogen-bond acceptors (Lipinski definition) is 2. The Bertz CT molecular complexity index is 554. The average Bonchev–Trinajstić information content (AvgIpc) is 2.42. The number of aryl methyl sites for hydroxylation is 1. The van der Waals surface area contributed by atoms with Crippen molar-refractivity contribution >= 4 is 15.9 Å². The van der Waals surface area contributed by atoms with Crippen molar-refractivity contribution in [1.29, 1.82) is 0 Å². The van der Waals surface area contributed by atoms with Crippen molar-refractivity contribution in [2.45, 2.75) is 19.9 Å². The third-order valence-electron chi connectivity index (χ3n) is 2.91. The van der Waals surface area contributed by atoms with Crippen LogP contribution in [0.1, 0.15) is 18.1 Å². The molecule has 0 aliphatic carbocycles. The molecular weight excluding hydrogens is 302 g/mol. The van der Waals surface area contributed by atoms with Crippen molar-refractivity contribution in [2.24, 2.45) is 0 Å². The molecular formula is C16H18BrNO. The van der Waals surface area contributed by atoms with E-state index in [0.29, 0.717) is 0 Å². The Morgan fingerprint density at radius 2 is 1.95 bits per heavy atom. The Balaban J connectivity index is 2.18. The predicted molar refractivity (Wildman–Crippen MR) is 82.8 cm³/mol. The summed E-state index contributed by atoms with van der Waals surface area (Å²) in [7, 11) is 1.94. The second-order valence-corrected chi connectivity index (χ2v) is 5.25. The lowest BCUT2D eigenvalue weighted by molar-refractivity contribution is 0.478. The minimum absolute atomic E-state index is 0.841. The fraction of sp³-hybridized carbons (Fsp3) is 0.250. The van der Waals surface area contributed by atoms with E-state index >= 15 is 0 Å². The van der Waals surface area contributed by atoms with Gasteiger partial charge in [0.1, 0.15) is 11.5 Å². The fourth-order valence-corrected chi connectivity index (χ4v) is 2.40. The van der Waals surface area contributed by atoms with Gasteiger partial charge in [-0.1, -0.05) is 25.1 Å². The molecule has 0 amide bonds. The molecule has 0 heterocycles. The van der Waals surface area contributed by atoms with E-state index in [4.69, 9.17) is 4.74 Å². The average molecular weight is 320 g/mol. The van der Waals surface area contributed by atoms with Gasteiger partial charge in [-0.05, 0) is 64.8 Å². The number of halogens is 1. The number of ether oxygens (including phenoxy) is 1. The third kappa shape index (κ3) is 3.82. The van der Waals surface area contributed by atoms with Crippen LogP contribution < -0.4 is 10.1 Å². The molecule has 3 heteroatoms. The quantitative estimate of drug-likeness (QED) is 0.874. The molecule has 2 nitrogen and oxygen atoms in total. The zero-order chi connectivity index (χ0) is 13.7. The summed E-state index contributed by atoms with van der Waals surface area (Å²) in [6, 6.07) is 14.3. The molecule has 0 aliphatic heterocycles. The topological polar surface area (TPSA) is 21.3 Å². The molecule has 0 aromatic heterocycles. The predicted octanol–water partition coefficient (Wildman–Crippen LogP) is 4.52. The summed E-state index contributed by atoms with van der Waals surface area (Å²) in [5, 5.41) is 3.13. The van der Waals surface area contributed by atoms with Crippen LogP contribution in [0.5, 0.6) is 11.5 Å². The van der Waals surface area contributed by atoms with Crippen LogP contribution in [0, 0.1) is 0 Å². The first kappa shape index (κ1) is 14.1. The highest BCUT2D eigenvalue weighted by molar-refractivity contribution is 9.10. The second-order valence-electron chi connectivity index (χ2n) is 4.40. The SMILES string of the molecule is CCc1cccc(Oc2ccc(CNC)cc2Br)c1. The van der Waals surface area contributed by atoms with Crippen LogP contribution in [0.3, 0.4) is 0 Å². The molecule has 0 atom stereocenters. The van der Waals surface area contributed by atoms with Crippen LogP contribution in [-0.4, -0.2) is 7.05 Å². The lowest BCUT2D eigenvalue weighted by Gasteiger charge is -2.10. The highest BCUT2D eigenvalue weighted by Crippen LogP contribution is 2.30. The molecule has 19 heavy (non-hydrogen) atoms. The number of nitrogens with one attached hydrogen (secondary N) is 1.